The number of hydrogen-bond acceptors (Lipinski definition) is 3. The smallest absolute Gasteiger partial charge is 0.299 e. The van der Waals surface area contributed by atoms with Crippen molar-refractivity contribution in [3.63, 3.8) is 0 Å². The van der Waals surface area contributed by atoms with Gasteiger partial charge in [-0.15, -0.1) is 0 Å². The topological polar surface area (TPSA) is 84.2 Å². The Bertz CT molecular complexity index is 591. The molecule has 5 nitrogen and oxygen atoms in total. The minimum absolute atomic E-state index is 0.123. The SMILES string of the molecule is CCCNS(=O)(=O)Nc1ccc(C#CCN)cc1F. The minimum atomic E-state index is -3.75. The Balaban J connectivity index is 2.86. The molecule has 0 unspecified atom stereocenters. The first kappa shape index (κ1) is 15.4. The first-order valence-electron chi connectivity index (χ1n) is 5.74. The molecule has 0 amide bonds. The van der Waals surface area contributed by atoms with Gasteiger partial charge in [-0.3, -0.25) is 4.72 Å². The normalized spacial score (nSPS) is 10.7. The van der Waals surface area contributed by atoms with Crippen LogP contribution in [-0.4, -0.2) is 21.5 Å². The molecule has 0 saturated carbocycles. The van der Waals surface area contributed by atoms with E-state index in [0.29, 0.717) is 12.0 Å². The van der Waals surface area contributed by atoms with Crippen LogP contribution in [0, 0.1) is 17.7 Å². The number of rotatable bonds is 5. The summed E-state index contributed by atoms with van der Waals surface area (Å²) in [6.07, 6.45) is 0.650. The molecule has 0 spiro atoms. The van der Waals surface area contributed by atoms with Crippen molar-refractivity contribution in [2.45, 2.75) is 13.3 Å². The van der Waals surface area contributed by atoms with E-state index in [9.17, 15) is 12.8 Å². The Morgan fingerprint density at radius 3 is 2.74 bits per heavy atom. The van der Waals surface area contributed by atoms with Crippen LogP contribution in [0.5, 0.6) is 0 Å². The van der Waals surface area contributed by atoms with Gasteiger partial charge in [0.1, 0.15) is 5.82 Å². The Kier molecular flexibility index (Phi) is 5.76. The Hall–Kier alpha value is -1.62. The highest BCUT2D eigenvalue weighted by atomic mass is 32.2. The summed E-state index contributed by atoms with van der Waals surface area (Å²) in [7, 11) is -3.75. The summed E-state index contributed by atoms with van der Waals surface area (Å²) in [6, 6.07) is 3.99. The molecule has 0 aliphatic rings. The summed E-state index contributed by atoms with van der Waals surface area (Å²) in [5.41, 5.74) is 5.52. The van der Waals surface area contributed by atoms with Crippen LogP contribution in [-0.2, 0) is 10.2 Å². The molecule has 0 bridgehead atoms. The van der Waals surface area contributed by atoms with Gasteiger partial charge in [0.15, 0.2) is 0 Å². The van der Waals surface area contributed by atoms with Gasteiger partial charge in [-0.05, 0) is 24.6 Å². The van der Waals surface area contributed by atoms with Gasteiger partial charge in [-0.2, -0.15) is 13.1 Å². The van der Waals surface area contributed by atoms with E-state index in [0.717, 1.165) is 6.07 Å². The second kappa shape index (κ2) is 7.09. The standard InChI is InChI=1S/C12H16FN3O2S/c1-2-8-15-19(17,18)16-12-6-5-10(4-3-7-14)9-11(12)13/h5-6,9,15-16H,2,7-8,14H2,1H3. The molecule has 0 saturated heterocycles. The summed E-state index contributed by atoms with van der Waals surface area (Å²) in [5.74, 6) is 4.56. The van der Waals surface area contributed by atoms with Crippen LogP contribution < -0.4 is 15.2 Å². The van der Waals surface area contributed by atoms with E-state index in [4.69, 9.17) is 5.73 Å². The van der Waals surface area contributed by atoms with Crippen molar-refractivity contribution >= 4 is 15.9 Å². The maximum absolute atomic E-state index is 13.7. The lowest BCUT2D eigenvalue weighted by atomic mass is 10.2. The molecule has 0 aromatic heterocycles. The molecule has 0 aliphatic carbocycles. The number of halogens is 1. The van der Waals surface area contributed by atoms with Crippen molar-refractivity contribution in [1.82, 2.24) is 4.72 Å². The number of nitrogens with one attached hydrogen (secondary N) is 2. The first-order valence-corrected chi connectivity index (χ1v) is 7.22. The molecule has 1 rings (SSSR count). The van der Waals surface area contributed by atoms with Gasteiger partial charge in [0.25, 0.3) is 10.2 Å². The summed E-state index contributed by atoms with van der Waals surface area (Å²) in [5, 5.41) is 0. The van der Waals surface area contributed by atoms with E-state index in [-0.39, 0.29) is 18.8 Å². The molecule has 0 radical (unpaired) electrons. The minimum Gasteiger partial charge on any atom is -0.320 e. The van der Waals surface area contributed by atoms with Crippen molar-refractivity contribution in [3.8, 4) is 11.8 Å². The fraction of sp³-hybridized carbons (Fsp3) is 0.333. The molecular formula is C12H16FN3O2S. The zero-order chi connectivity index (χ0) is 14.3. The molecular weight excluding hydrogens is 269 g/mol. The third kappa shape index (κ3) is 5.26. The largest absolute Gasteiger partial charge is 0.320 e. The zero-order valence-electron chi connectivity index (χ0n) is 10.5. The fourth-order valence-corrected chi connectivity index (χ4v) is 2.25. The highest BCUT2D eigenvalue weighted by Crippen LogP contribution is 2.16. The number of benzene rings is 1. The zero-order valence-corrected chi connectivity index (χ0v) is 11.3. The predicted molar refractivity (Wildman–Crippen MR) is 73.2 cm³/mol. The Morgan fingerprint density at radius 1 is 1.42 bits per heavy atom. The molecule has 7 heteroatoms. The van der Waals surface area contributed by atoms with Crippen molar-refractivity contribution in [2.75, 3.05) is 17.8 Å². The maximum Gasteiger partial charge on any atom is 0.299 e. The van der Waals surface area contributed by atoms with Crippen LogP contribution in [0.2, 0.25) is 0 Å². The second-order valence-electron chi connectivity index (χ2n) is 3.70. The quantitative estimate of drug-likeness (QED) is 0.699. The van der Waals surface area contributed by atoms with Gasteiger partial charge in [0, 0.05) is 12.1 Å². The van der Waals surface area contributed by atoms with Gasteiger partial charge in [-0.1, -0.05) is 18.8 Å². The van der Waals surface area contributed by atoms with Crippen LogP contribution in [0.1, 0.15) is 18.9 Å². The third-order valence-electron chi connectivity index (χ3n) is 2.09. The maximum atomic E-state index is 13.7. The third-order valence-corrected chi connectivity index (χ3v) is 3.16. The van der Waals surface area contributed by atoms with Gasteiger partial charge in [0.05, 0.1) is 12.2 Å². The summed E-state index contributed by atoms with van der Waals surface area (Å²) < 4.78 is 41.1. The molecule has 0 heterocycles. The van der Waals surface area contributed by atoms with Crippen LogP contribution in [0.3, 0.4) is 0 Å². The van der Waals surface area contributed by atoms with Gasteiger partial charge < -0.3 is 5.73 Å². The van der Waals surface area contributed by atoms with Gasteiger partial charge in [0.2, 0.25) is 0 Å². The Morgan fingerprint density at radius 2 is 2.16 bits per heavy atom. The predicted octanol–water partition coefficient (Wildman–Crippen LogP) is 0.792. The van der Waals surface area contributed by atoms with E-state index in [2.05, 4.69) is 21.3 Å². The molecule has 104 valence electrons. The number of hydrogen-bond donors (Lipinski definition) is 3. The van der Waals surface area contributed by atoms with Gasteiger partial charge >= 0.3 is 0 Å². The average Bonchev–Trinajstić information content (AvgIpc) is 2.37. The van der Waals surface area contributed by atoms with Gasteiger partial charge in [-0.25, -0.2) is 4.39 Å². The molecule has 0 aliphatic heterocycles. The van der Waals surface area contributed by atoms with Crippen molar-refractivity contribution < 1.29 is 12.8 Å². The lowest BCUT2D eigenvalue weighted by molar-refractivity contribution is 0.584. The fourth-order valence-electron chi connectivity index (χ4n) is 1.25. The Labute approximate surface area is 112 Å². The van der Waals surface area contributed by atoms with E-state index < -0.39 is 16.0 Å². The number of nitrogens with two attached hydrogens (primary N) is 1. The molecule has 1 aromatic rings. The molecule has 4 N–H and O–H groups in total. The molecule has 0 fully saturated rings. The van der Waals surface area contributed by atoms with Crippen LogP contribution in [0.4, 0.5) is 10.1 Å². The summed E-state index contributed by atoms with van der Waals surface area (Å²) in [4.78, 5) is 0. The van der Waals surface area contributed by atoms with Crippen LogP contribution in [0.15, 0.2) is 18.2 Å². The summed E-state index contributed by atoms with van der Waals surface area (Å²) >= 11 is 0. The highest BCUT2D eigenvalue weighted by molar-refractivity contribution is 7.90. The average molecular weight is 285 g/mol. The van der Waals surface area contributed by atoms with Crippen LogP contribution >= 0.6 is 0 Å². The van der Waals surface area contributed by atoms with E-state index in [1.807, 2.05) is 6.92 Å². The monoisotopic (exact) mass is 285 g/mol. The summed E-state index contributed by atoms with van der Waals surface area (Å²) in [6.45, 7) is 2.29. The lowest BCUT2D eigenvalue weighted by Gasteiger charge is -2.09. The van der Waals surface area contributed by atoms with Crippen molar-refractivity contribution in [3.05, 3.63) is 29.6 Å². The van der Waals surface area contributed by atoms with Crippen molar-refractivity contribution in [1.29, 1.82) is 0 Å². The van der Waals surface area contributed by atoms with E-state index in [1.165, 1.54) is 12.1 Å². The first-order chi connectivity index (χ1) is 8.98. The second-order valence-corrected chi connectivity index (χ2v) is 5.20. The van der Waals surface area contributed by atoms with E-state index >= 15 is 0 Å². The number of anilines is 1. The molecule has 19 heavy (non-hydrogen) atoms. The molecule has 1 aromatic carbocycles. The van der Waals surface area contributed by atoms with Crippen molar-refractivity contribution in [2.24, 2.45) is 5.73 Å². The van der Waals surface area contributed by atoms with Crippen LogP contribution in [0.25, 0.3) is 0 Å². The van der Waals surface area contributed by atoms with E-state index in [1.54, 1.807) is 0 Å². The highest BCUT2D eigenvalue weighted by Gasteiger charge is 2.11. The lowest BCUT2D eigenvalue weighted by Crippen LogP contribution is -2.30. The molecule has 0 atom stereocenters.